The highest BCUT2D eigenvalue weighted by Gasteiger charge is 2.44. The fraction of sp³-hybridized carbons (Fsp3) is 0.548. The standard InChI is InChI=1S/C22H26F4N6.C6H11F.C3H8/c1-6-20(31(5)27-4)13(2)28-10-16-9-17-18(23)7-15(8-19(17)30-16)11-32-12-21(22(24,25)26)29-14(32)3;7-6-4-2-1-3-5-6;1-3-2/h6-8,21,28-29H,2-4,9-12H2,1,5H3;6H,1-5H2;3H2,1-2H3/b20-6-;;. The van der Waals surface area contributed by atoms with E-state index in [1.54, 1.807) is 18.1 Å². The predicted octanol–water partition coefficient (Wildman–Crippen LogP) is 7.52. The van der Waals surface area contributed by atoms with E-state index in [0.717, 1.165) is 37.1 Å². The van der Waals surface area contributed by atoms with Gasteiger partial charge in [-0.2, -0.15) is 18.3 Å². The van der Waals surface area contributed by atoms with Gasteiger partial charge in [0.15, 0.2) is 0 Å². The van der Waals surface area contributed by atoms with E-state index in [0.29, 0.717) is 35.5 Å². The Kier molecular flexibility index (Phi) is 13.5. The van der Waals surface area contributed by atoms with Gasteiger partial charge in [0.05, 0.1) is 29.4 Å². The van der Waals surface area contributed by atoms with E-state index >= 15 is 0 Å². The second-order valence-corrected chi connectivity index (χ2v) is 10.6. The molecule has 3 aliphatic rings. The molecule has 2 fully saturated rings. The zero-order chi connectivity index (χ0) is 31.4. The maximum atomic E-state index is 14.7. The van der Waals surface area contributed by atoms with Crippen molar-refractivity contribution in [1.82, 2.24) is 20.5 Å². The molecule has 1 saturated heterocycles. The first-order valence-corrected chi connectivity index (χ1v) is 14.4. The number of likely N-dealkylation sites (N-methyl/N-ethyl adjacent to an activating group) is 1. The lowest BCUT2D eigenvalue weighted by Crippen LogP contribution is -2.39. The fourth-order valence-corrected chi connectivity index (χ4v) is 4.78. The average Bonchev–Trinajstić information content (AvgIpc) is 3.52. The fourth-order valence-electron chi connectivity index (χ4n) is 4.78. The summed E-state index contributed by atoms with van der Waals surface area (Å²) in [5, 5.41) is 10.9. The third-order valence-electron chi connectivity index (χ3n) is 6.97. The number of aliphatic imine (C=N–C) groups is 1. The minimum Gasteiger partial charge on any atom is -0.378 e. The van der Waals surface area contributed by atoms with Gasteiger partial charge in [-0.1, -0.05) is 58.8 Å². The van der Waals surface area contributed by atoms with Crippen molar-refractivity contribution in [2.45, 2.75) is 90.7 Å². The molecule has 0 amide bonds. The lowest BCUT2D eigenvalue weighted by Gasteiger charge is -2.19. The van der Waals surface area contributed by atoms with E-state index in [4.69, 9.17) is 0 Å². The Morgan fingerprint density at radius 3 is 2.38 bits per heavy atom. The SMILES string of the molecule is C=NN(C)/C(=C\C)C(=C)NCC1=Nc2cc(CN3CC(C(F)(F)F)NC3=C)cc(F)c2C1.CCC.FC1CCCCC1. The normalized spacial score (nSPS) is 18.5. The van der Waals surface area contributed by atoms with Crippen LogP contribution < -0.4 is 10.6 Å². The zero-order valence-corrected chi connectivity index (χ0v) is 25.3. The second-order valence-electron chi connectivity index (χ2n) is 10.6. The van der Waals surface area contributed by atoms with Crippen LogP contribution in [0.3, 0.4) is 0 Å². The molecule has 1 saturated carbocycles. The Balaban J connectivity index is 0.000000523. The van der Waals surface area contributed by atoms with Gasteiger partial charge in [-0.3, -0.25) is 10.0 Å². The maximum Gasteiger partial charge on any atom is 0.410 e. The van der Waals surface area contributed by atoms with Crippen LogP contribution in [0.4, 0.5) is 27.6 Å². The molecule has 0 aromatic heterocycles. The van der Waals surface area contributed by atoms with Crippen LogP contribution in [0, 0.1) is 5.82 Å². The van der Waals surface area contributed by atoms with Crippen LogP contribution in [-0.4, -0.2) is 60.9 Å². The molecule has 2 N–H and O–H groups in total. The largest absolute Gasteiger partial charge is 0.410 e. The summed E-state index contributed by atoms with van der Waals surface area (Å²) in [5.74, 6) is -0.260. The lowest BCUT2D eigenvalue weighted by atomic mass is 9.99. The number of nitrogens with one attached hydrogen (secondary N) is 2. The molecule has 42 heavy (non-hydrogen) atoms. The number of allylic oxidation sites excluding steroid dienone is 1. The number of benzene rings is 1. The summed E-state index contributed by atoms with van der Waals surface area (Å²) in [7, 11) is 1.75. The topological polar surface area (TPSA) is 55.3 Å². The van der Waals surface area contributed by atoms with Crippen LogP contribution >= 0.6 is 0 Å². The summed E-state index contributed by atoms with van der Waals surface area (Å²) in [5.41, 5.74) is 3.60. The molecular formula is C31H45F5N6. The summed E-state index contributed by atoms with van der Waals surface area (Å²) in [6.45, 7) is 17.4. The van der Waals surface area contributed by atoms with Crippen molar-refractivity contribution >= 4 is 18.1 Å². The first-order valence-electron chi connectivity index (χ1n) is 14.4. The van der Waals surface area contributed by atoms with E-state index in [1.807, 2.05) is 13.0 Å². The summed E-state index contributed by atoms with van der Waals surface area (Å²) in [6.07, 6.45) is 3.71. The molecule has 4 rings (SSSR count). The van der Waals surface area contributed by atoms with Crippen LogP contribution in [0.25, 0.3) is 0 Å². The number of hydrogen-bond acceptors (Lipinski definition) is 6. The molecule has 1 atom stereocenters. The Bertz CT molecular complexity index is 1140. The lowest BCUT2D eigenvalue weighted by molar-refractivity contribution is -0.150. The van der Waals surface area contributed by atoms with E-state index in [1.165, 1.54) is 23.8 Å². The van der Waals surface area contributed by atoms with Crippen LogP contribution in [-0.2, 0) is 13.0 Å². The van der Waals surface area contributed by atoms with Crippen LogP contribution in [0.1, 0.15) is 70.4 Å². The Morgan fingerprint density at radius 2 is 1.88 bits per heavy atom. The summed E-state index contributed by atoms with van der Waals surface area (Å²) >= 11 is 0. The molecule has 2 aliphatic heterocycles. The van der Waals surface area contributed by atoms with E-state index in [-0.39, 0.29) is 18.9 Å². The maximum absolute atomic E-state index is 14.7. The number of rotatable bonds is 8. The first-order chi connectivity index (χ1) is 19.8. The summed E-state index contributed by atoms with van der Waals surface area (Å²) < 4.78 is 65.8. The molecule has 1 aliphatic carbocycles. The highest BCUT2D eigenvalue weighted by atomic mass is 19.4. The molecule has 6 nitrogen and oxygen atoms in total. The predicted molar refractivity (Wildman–Crippen MR) is 162 cm³/mol. The average molecular weight is 597 g/mol. The molecule has 0 spiro atoms. The first kappa shape index (κ1) is 34.8. The van der Waals surface area contributed by atoms with Crippen LogP contribution in [0.5, 0.6) is 0 Å². The van der Waals surface area contributed by atoms with Crippen LogP contribution in [0.15, 0.2) is 58.7 Å². The van der Waals surface area contributed by atoms with Gasteiger partial charge in [0.2, 0.25) is 0 Å². The second kappa shape index (κ2) is 16.3. The number of alkyl halides is 4. The van der Waals surface area contributed by atoms with E-state index < -0.39 is 24.2 Å². The monoisotopic (exact) mass is 596 g/mol. The highest BCUT2D eigenvalue weighted by molar-refractivity contribution is 5.95. The highest BCUT2D eigenvalue weighted by Crippen LogP contribution is 2.33. The van der Waals surface area contributed by atoms with Crippen molar-refractivity contribution in [1.29, 1.82) is 0 Å². The van der Waals surface area contributed by atoms with Gasteiger partial charge in [0, 0.05) is 44.6 Å². The Hall–Kier alpha value is -3.37. The van der Waals surface area contributed by atoms with Crippen molar-refractivity contribution in [2.24, 2.45) is 10.1 Å². The van der Waals surface area contributed by atoms with Crippen molar-refractivity contribution in [3.8, 4) is 0 Å². The molecule has 11 heteroatoms. The number of fused-ring (bicyclic) bond motifs is 1. The molecular weight excluding hydrogens is 551 g/mol. The molecule has 0 radical (unpaired) electrons. The van der Waals surface area contributed by atoms with Gasteiger partial charge in [0.25, 0.3) is 0 Å². The van der Waals surface area contributed by atoms with Crippen molar-refractivity contribution in [3.05, 3.63) is 65.5 Å². The van der Waals surface area contributed by atoms with Crippen LogP contribution in [0.2, 0.25) is 0 Å². The van der Waals surface area contributed by atoms with Crippen molar-refractivity contribution in [2.75, 3.05) is 20.1 Å². The summed E-state index contributed by atoms with van der Waals surface area (Å²) in [4.78, 5) is 5.96. The minimum absolute atomic E-state index is 0.105. The third-order valence-corrected chi connectivity index (χ3v) is 6.97. The number of hydrazone groups is 1. The number of nitrogens with zero attached hydrogens (tertiary/aromatic N) is 4. The van der Waals surface area contributed by atoms with Gasteiger partial charge in [0.1, 0.15) is 18.0 Å². The minimum atomic E-state index is -4.37. The third kappa shape index (κ3) is 10.2. The molecule has 0 bridgehead atoms. The molecule has 1 unspecified atom stereocenters. The van der Waals surface area contributed by atoms with Gasteiger partial charge < -0.3 is 15.5 Å². The van der Waals surface area contributed by atoms with E-state index in [9.17, 15) is 22.0 Å². The molecule has 1 aromatic rings. The molecule has 1 aromatic carbocycles. The van der Waals surface area contributed by atoms with Crippen molar-refractivity contribution < 1.29 is 22.0 Å². The zero-order valence-electron chi connectivity index (χ0n) is 25.3. The van der Waals surface area contributed by atoms with Gasteiger partial charge in [-0.05, 0) is 37.5 Å². The van der Waals surface area contributed by atoms with Crippen molar-refractivity contribution in [3.63, 3.8) is 0 Å². The number of hydrogen-bond donors (Lipinski definition) is 2. The Labute approximate surface area is 247 Å². The van der Waals surface area contributed by atoms with E-state index in [2.05, 4.69) is 54.5 Å². The molecule has 234 valence electrons. The smallest absolute Gasteiger partial charge is 0.378 e. The van der Waals surface area contributed by atoms with Gasteiger partial charge in [-0.25, -0.2) is 8.78 Å². The quantitative estimate of drug-likeness (QED) is 0.141. The molecule has 2 heterocycles. The Morgan fingerprint density at radius 1 is 1.24 bits per heavy atom. The van der Waals surface area contributed by atoms with Gasteiger partial charge >= 0.3 is 6.18 Å². The van der Waals surface area contributed by atoms with Gasteiger partial charge in [-0.15, -0.1) is 0 Å². The summed E-state index contributed by atoms with van der Waals surface area (Å²) in [6, 6.07) is 1.37. The number of halogens is 5.